The van der Waals surface area contributed by atoms with Crippen molar-refractivity contribution in [1.29, 1.82) is 0 Å². The molecule has 3 heteroatoms. The van der Waals surface area contributed by atoms with Crippen LogP contribution in [-0.4, -0.2) is 13.2 Å². The lowest BCUT2D eigenvalue weighted by atomic mass is 10.1. The van der Waals surface area contributed by atoms with Crippen LogP contribution in [0.1, 0.15) is 50.2 Å². The standard InChI is InChI=1S/C17H24FNO/c1-2-3-4-5-6-10-20-14-16-11-15(8-7-9-19)12-17(18)13-16/h11-13H,2-6,9-10,14,19H2,1H3. The lowest BCUT2D eigenvalue weighted by Crippen LogP contribution is -1.97. The molecule has 0 fully saturated rings. The smallest absolute Gasteiger partial charge is 0.124 e. The van der Waals surface area contributed by atoms with Gasteiger partial charge in [0, 0.05) is 12.2 Å². The molecular weight excluding hydrogens is 253 g/mol. The molecule has 0 bridgehead atoms. The molecule has 0 aromatic heterocycles. The predicted octanol–water partition coefficient (Wildman–Crippen LogP) is 3.62. The topological polar surface area (TPSA) is 35.2 Å². The van der Waals surface area contributed by atoms with Gasteiger partial charge in [-0.05, 0) is 30.2 Å². The zero-order chi connectivity index (χ0) is 14.6. The molecule has 20 heavy (non-hydrogen) atoms. The van der Waals surface area contributed by atoms with E-state index in [0.717, 1.165) is 18.6 Å². The molecule has 0 heterocycles. The van der Waals surface area contributed by atoms with Crippen LogP contribution in [-0.2, 0) is 11.3 Å². The Bertz CT molecular complexity index is 448. The normalized spacial score (nSPS) is 10.2. The number of unbranched alkanes of at least 4 members (excludes halogenated alkanes) is 4. The molecule has 0 atom stereocenters. The van der Waals surface area contributed by atoms with Crippen LogP contribution >= 0.6 is 0 Å². The molecule has 0 spiro atoms. The Morgan fingerprint density at radius 3 is 2.70 bits per heavy atom. The van der Waals surface area contributed by atoms with Gasteiger partial charge in [-0.3, -0.25) is 0 Å². The van der Waals surface area contributed by atoms with Crippen molar-refractivity contribution in [1.82, 2.24) is 0 Å². The summed E-state index contributed by atoms with van der Waals surface area (Å²) in [6.07, 6.45) is 6.06. The number of halogens is 1. The van der Waals surface area contributed by atoms with Crippen LogP contribution in [0.5, 0.6) is 0 Å². The monoisotopic (exact) mass is 277 g/mol. The molecule has 1 aromatic rings. The fraction of sp³-hybridized carbons (Fsp3) is 0.529. The SMILES string of the molecule is CCCCCCCOCc1cc(F)cc(C#CCN)c1. The molecule has 2 N–H and O–H groups in total. The molecule has 0 aliphatic rings. The van der Waals surface area contributed by atoms with Gasteiger partial charge >= 0.3 is 0 Å². The number of nitrogens with two attached hydrogens (primary N) is 1. The highest BCUT2D eigenvalue weighted by Crippen LogP contribution is 2.10. The second kappa shape index (κ2) is 10.4. The van der Waals surface area contributed by atoms with E-state index < -0.39 is 0 Å². The zero-order valence-electron chi connectivity index (χ0n) is 12.3. The lowest BCUT2D eigenvalue weighted by Gasteiger charge is -2.05. The minimum Gasteiger partial charge on any atom is -0.377 e. The first kappa shape index (κ1) is 16.7. The summed E-state index contributed by atoms with van der Waals surface area (Å²) >= 11 is 0. The third kappa shape index (κ3) is 7.28. The van der Waals surface area contributed by atoms with Gasteiger partial charge < -0.3 is 10.5 Å². The van der Waals surface area contributed by atoms with Gasteiger partial charge in [-0.25, -0.2) is 4.39 Å². The molecule has 0 aliphatic carbocycles. The minimum absolute atomic E-state index is 0.278. The van der Waals surface area contributed by atoms with E-state index in [2.05, 4.69) is 18.8 Å². The van der Waals surface area contributed by atoms with E-state index in [1.807, 2.05) is 6.07 Å². The van der Waals surface area contributed by atoms with Crippen molar-refractivity contribution in [2.45, 2.75) is 45.6 Å². The van der Waals surface area contributed by atoms with Gasteiger partial charge in [0.05, 0.1) is 13.2 Å². The zero-order valence-corrected chi connectivity index (χ0v) is 12.3. The number of hydrogen-bond donors (Lipinski definition) is 1. The average Bonchev–Trinajstić information content (AvgIpc) is 2.43. The maximum atomic E-state index is 13.4. The number of hydrogen-bond acceptors (Lipinski definition) is 2. The maximum Gasteiger partial charge on any atom is 0.124 e. The van der Waals surface area contributed by atoms with Crippen molar-refractivity contribution in [3.8, 4) is 11.8 Å². The van der Waals surface area contributed by atoms with Crippen LogP contribution in [0, 0.1) is 17.7 Å². The summed E-state index contributed by atoms with van der Waals surface area (Å²) in [6.45, 7) is 3.64. The summed E-state index contributed by atoms with van der Waals surface area (Å²) in [6, 6.07) is 4.75. The van der Waals surface area contributed by atoms with Crippen LogP contribution in [0.3, 0.4) is 0 Å². The summed E-state index contributed by atoms with van der Waals surface area (Å²) in [4.78, 5) is 0. The van der Waals surface area contributed by atoms with E-state index >= 15 is 0 Å². The van der Waals surface area contributed by atoms with Crippen molar-refractivity contribution in [2.75, 3.05) is 13.2 Å². The Balaban J connectivity index is 2.34. The van der Waals surface area contributed by atoms with Gasteiger partial charge in [-0.1, -0.05) is 44.4 Å². The van der Waals surface area contributed by atoms with E-state index in [0.29, 0.717) is 12.2 Å². The number of benzene rings is 1. The molecule has 0 aliphatic heterocycles. The van der Waals surface area contributed by atoms with Crippen molar-refractivity contribution in [3.05, 3.63) is 35.1 Å². The Hall–Kier alpha value is -1.37. The summed E-state index contributed by atoms with van der Waals surface area (Å²) in [5.41, 5.74) is 6.78. The summed E-state index contributed by atoms with van der Waals surface area (Å²) < 4.78 is 19.0. The molecule has 0 saturated carbocycles. The highest BCUT2D eigenvalue weighted by Gasteiger charge is 2.00. The Morgan fingerprint density at radius 1 is 1.15 bits per heavy atom. The third-order valence-electron chi connectivity index (χ3n) is 2.95. The molecule has 0 saturated heterocycles. The van der Waals surface area contributed by atoms with Crippen LogP contribution in [0.15, 0.2) is 18.2 Å². The van der Waals surface area contributed by atoms with Crippen molar-refractivity contribution in [3.63, 3.8) is 0 Å². The average molecular weight is 277 g/mol. The van der Waals surface area contributed by atoms with Gasteiger partial charge in [0.25, 0.3) is 0 Å². The molecule has 2 nitrogen and oxygen atoms in total. The van der Waals surface area contributed by atoms with Gasteiger partial charge in [-0.2, -0.15) is 0 Å². The molecule has 1 aromatic carbocycles. The molecule has 0 unspecified atom stereocenters. The fourth-order valence-electron chi connectivity index (χ4n) is 1.96. The van der Waals surface area contributed by atoms with Crippen molar-refractivity contribution >= 4 is 0 Å². The highest BCUT2D eigenvalue weighted by atomic mass is 19.1. The Morgan fingerprint density at radius 2 is 1.95 bits per heavy atom. The van der Waals surface area contributed by atoms with Crippen LogP contribution in [0.4, 0.5) is 4.39 Å². The second-order valence-electron chi connectivity index (χ2n) is 4.82. The van der Waals surface area contributed by atoms with Gasteiger partial charge in [0.2, 0.25) is 0 Å². The Labute approximate surface area is 121 Å². The van der Waals surface area contributed by atoms with E-state index in [1.54, 1.807) is 0 Å². The summed E-state index contributed by atoms with van der Waals surface area (Å²) in [5, 5.41) is 0. The number of ether oxygens (including phenoxy) is 1. The first-order chi connectivity index (χ1) is 9.76. The molecule has 0 radical (unpaired) electrons. The first-order valence-corrected chi connectivity index (χ1v) is 7.32. The lowest BCUT2D eigenvalue weighted by molar-refractivity contribution is 0.116. The Kier molecular flexibility index (Phi) is 8.69. The summed E-state index contributed by atoms with van der Waals surface area (Å²) in [7, 11) is 0. The molecule has 0 amide bonds. The van der Waals surface area contributed by atoms with Crippen molar-refractivity contribution in [2.24, 2.45) is 5.73 Å². The highest BCUT2D eigenvalue weighted by molar-refractivity contribution is 5.37. The van der Waals surface area contributed by atoms with Gasteiger partial charge in [-0.15, -0.1) is 0 Å². The first-order valence-electron chi connectivity index (χ1n) is 7.32. The van der Waals surface area contributed by atoms with Crippen LogP contribution in [0.2, 0.25) is 0 Å². The number of rotatable bonds is 8. The minimum atomic E-state index is -0.282. The van der Waals surface area contributed by atoms with Gasteiger partial charge in [0.15, 0.2) is 0 Å². The quantitative estimate of drug-likeness (QED) is 0.582. The van der Waals surface area contributed by atoms with E-state index in [1.165, 1.54) is 37.8 Å². The fourth-order valence-corrected chi connectivity index (χ4v) is 1.96. The van der Waals surface area contributed by atoms with Gasteiger partial charge in [0.1, 0.15) is 5.82 Å². The van der Waals surface area contributed by atoms with E-state index in [4.69, 9.17) is 10.5 Å². The van der Waals surface area contributed by atoms with Crippen molar-refractivity contribution < 1.29 is 9.13 Å². The second-order valence-corrected chi connectivity index (χ2v) is 4.82. The van der Waals surface area contributed by atoms with E-state index in [-0.39, 0.29) is 12.4 Å². The molecule has 110 valence electrons. The third-order valence-corrected chi connectivity index (χ3v) is 2.95. The van der Waals surface area contributed by atoms with Crippen LogP contribution < -0.4 is 5.73 Å². The summed E-state index contributed by atoms with van der Waals surface area (Å²) in [5.74, 6) is 5.28. The van der Waals surface area contributed by atoms with E-state index in [9.17, 15) is 4.39 Å². The molecular formula is C17H24FNO. The largest absolute Gasteiger partial charge is 0.377 e. The van der Waals surface area contributed by atoms with Crippen LogP contribution in [0.25, 0.3) is 0 Å². The molecule has 1 rings (SSSR count). The maximum absolute atomic E-state index is 13.4. The predicted molar refractivity (Wildman–Crippen MR) is 80.7 cm³/mol.